The van der Waals surface area contributed by atoms with Crippen LogP contribution in [-0.4, -0.2) is 21.8 Å². The molecule has 4 nitrogen and oxygen atoms in total. The van der Waals surface area contributed by atoms with E-state index in [1.54, 1.807) is 6.20 Å². The number of benzene rings is 1. The molecule has 0 amide bonds. The molecule has 0 saturated carbocycles. The van der Waals surface area contributed by atoms with Gasteiger partial charge in [0.05, 0.1) is 6.61 Å². The lowest BCUT2D eigenvalue weighted by Gasteiger charge is -2.15. The zero-order valence-corrected chi connectivity index (χ0v) is 12.4. The number of nitrogens with zero attached hydrogens (tertiary/aromatic N) is 2. The Morgan fingerprint density at radius 1 is 1.14 bits per heavy atom. The second kappa shape index (κ2) is 6.04. The van der Waals surface area contributed by atoms with Gasteiger partial charge in [-0.1, -0.05) is 12.1 Å². The van der Waals surface area contributed by atoms with Gasteiger partial charge in [0.1, 0.15) is 17.9 Å². The van der Waals surface area contributed by atoms with E-state index in [0.717, 1.165) is 27.8 Å². The predicted octanol–water partition coefficient (Wildman–Crippen LogP) is 2.57. The molecule has 21 heavy (non-hydrogen) atoms. The smallest absolute Gasteiger partial charge is 0.143 e. The molecule has 0 aliphatic carbocycles. The van der Waals surface area contributed by atoms with Crippen LogP contribution in [0.15, 0.2) is 24.4 Å². The van der Waals surface area contributed by atoms with Gasteiger partial charge in [0.2, 0.25) is 0 Å². The number of aliphatic hydroxyl groups excluding tert-OH is 2. The third kappa shape index (κ3) is 2.94. The molecular weight excluding hydrogens is 264 g/mol. The standard InChI is InChI=1S/C17H18N2O2/c1-10-4-14(8-19-15(10)7-18)17-11(2)5-13(6-12(17)3)16(21)9-20/h4-6,8,16,20-21H,9H2,1-3H3. The number of rotatable bonds is 3. The number of hydrogen-bond donors (Lipinski definition) is 2. The molecule has 1 aromatic heterocycles. The third-order valence-corrected chi connectivity index (χ3v) is 3.59. The summed E-state index contributed by atoms with van der Waals surface area (Å²) in [7, 11) is 0. The van der Waals surface area contributed by atoms with Crippen LogP contribution in [0.3, 0.4) is 0 Å². The molecular formula is C17H18N2O2. The number of nitriles is 1. The van der Waals surface area contributed by atoms with E-state index >= 15 is 0 Å². The van der Waals surface area contributed by atoms with Gasteiger partial charge in [-0.25, -0.2) is 4.98 Å². The fourth-order valence-corrected chi connectivity index (χ4v) is 2.58. The molecule has 0 saturated heterocycles. The fourth-order valence-electron chi connectivity index (χ4n) is 2.58. The van der Waals surface area contributed by atoms with Crippen molar-refractivity contribution < 1.29 is 10.2 Å². The molecule has 0 bridgehead atoms. The van der Waals surface area contributed by atoms with E-state index in [0.29, 0.717) is 11.3 Å². The Labute approximate surface area is 124 Å². The van der Waals surface area contributed by atoms with Crippen molar-refractivity contribution in [2.75, 3.05) is 6.61 Å². The lowest BCUT2D eigenvalue weighted by Crippen LogP contribution is -2.04. The maximum atomic E-state index is 9.75. The molecule has 1 heterocycles. The van der Waals surface area contributed by atoms with Crippen molar-refractivity contribution in [1.29, 1.82) is 5.26 Å². The van der Waals surface area contributed by atoms with E-state index in [4.69, 9.17) is 10.4 Å². The number of aromatic nitrogens is 1. The van der Waals surface area contributed by atoms with Crippen molar-refractivity contribution in [3.05, 3.63) is 52.3 Å². The van der Waals surface area contributed by atoms with Gasteiger partial charge in [0, 0.05) is 11.8 Å². The van der Waals surface area contributed by atoms with Gasteiger partial charge in [-0.05, 0) is 54.7 Å². The highest BCUT2D eigenvalue weighted by Crippen LogP contribution is 2.30. The molecule has 4 heteroatoms. The van der Waals surface area contributed by atoms with Crippen LogP contribution >= 0.6 is 0 Å². The Balaban J connectivity index is 2.55. The molecule has 1 atom stereocenters. The maximum absolute atomic E-state index is 9.75. The molecule has 2 N–H and O–H groups in total. The van der Waals surface area contributed by atoms with E-state index in [2.05, 4.69) is 11.1 Å². The number of hydrogen-bond acceptors (Lipinski definition) is 4. The van der Waals surface area contributed by atoms with Crippen LogP contribution in [-0.2, 0) is 0 Å². The lowest BCUT2D eigenvalue weighted by atomic mass is 9.92. The number of pyridine rings is 1. The summed E-state index contributed by atoms with van der Waals surface area (Å²) in [6.07, 6.45) is 0.834. The molecule has 2 rings (SSSR count). The van der Waals surface area contributed by atoms with Gasteiger partial charge in [-0.15, -0.1) is 0 Å². The van der Waals surface area contributed by atoms with Crippen molar-refractivity contribution in [3.63, 3.8) is 0 Å². The molecule has 0 fully saturated rings. The van der Waals surface area contributed by atoms with Crippen LogP contribution in [0.2, 0.25) is 0 Å². The molecule has 1 aromatic carbocycles. The zero-order chi connectivity index (χ0) is 15.6. The lowest BCUT2D eigenvalue weighted by molar-refractivity contribution is 0.0955. The Bertz CT molecular complexity index is 694. The van der Waals surface area contributed by atoms with Gasteiger partial charge in [-0.2, -0.15) is 5.26 Å². The van der Waals surface area contributed by atoms with Crippen LogP contribution in [0.1, 0.15) is 34.1 Å². The van der Waals surface area contributed by atoms with Gasteiger partial charge in [-0.3, -0.25) is 0 Å². The molecule has 108 valence electrons. The summed E-state index contributed by atoms with van der Waals surface area (Å²) in [5.41, 5.74) is 5.98. The fraction of sp³-hybridized carbons (Fsp3) is 0.294. The Hall–Kier alpha value is -2.22. The Morgan fingerprint density at radius 3 is 2.24 bits per heavy atom. The first-order chi connectivity index (χ1) is 9.97. The first kappa shape index (κ1) is 15.2. The highest BCUT2D eigenvalue weighted by atomic mass is 16.3. The molecule has 2 aromatic rings. The Kier molecular flexibility index (Phi) is 4.37. The van der Waals surface area contributed by atoms with Crippen molar-refractivity contribution in [1.82, 2.24) is 4.98 Å². The number of aryl methyl sites for hydroxylation is 3. The minimum atomic E-state index is -0.864. The summed E-state index contributed by atoms with van der Waals surface area (Å²) in [6, 6.07) is 7.75. The van der Waals surface area contributed by atoms with Gasteiger partial charge < -0.3 is 10.2 Å². The van der Waals surface area contributed by atoms with Crippen LogP contribution in [0.5, 0.6) is 0 Å². The van der Waals surface area contributed by atoms with Crippen molar-refractivity contribution in [2.45, 2.75) is 26.9 Å². The van der Waals surface area contributed by atoms with E-state index in [1.807, 2.05) is 39.0 Å². The average Bonchev–Trinajstić information content (AvgIpc) is 2.45. The average molecular weight is 282 g/mol. The third-order valence-electron chi connectivity index (χ3n) is 3.59. The van der Waals surface area contributed by atoms with Crippen LogP contribution in [0.4, 0.5) is 0 Å². The normalized spacial score (nSPS) is 12.0. The number of aliphatic hydroxyl groups is 2. The van der Waals surface area contributed by atoms with Crippen molar-refractivity contribution in [3.8, 4) is 17.2 Å². The van der Waals surface area contributed by atoms with E-state index in [9.17, 15) is 5.11 Å². The largest absolute Gasteiger partial charge is 0.393 e. The molecule has 1 unspecified atom stereocenters. The van der Waals surface area contributed by atoms with Gasteiger partial charge in [0.25, 0.3) is 0 Å². The summed E-state index contributed by atoms with van der Waals surface area (Å²) in [4.78, 5) is 4.18. The van der Waals surface area contributed by atoms with E-state index in [1.165, 1.54) is 0 Å². The van der Waals surface area contributed by atoms with Crippen LogP contribution < -0.4 is 0 Å². The quantitative estimate of drug-likeness (QED) is 0.907. The molecule has 0 radical (unpaired) electrons. The van der Waals surface area contributed by atoms with Crippen LogP contribution in [0.25, 0.3) is 11.1 Å². The maximum Gasteiger partial charge on any atom is 0.143 e. The van der Waals surface area contributed by atoms with E-state index < -0.39 is 6.10 Å². The molecule has 0 aliphatic rings. The zero-order valence-electron chi connectivity index (χ0n) is 12.4. The highest BCUT2D eigenvalue weighted by molar-refractivity contribution is 5.71. The minimum absolute atomic E-state index is 0.296. The molecule has 0 spiro atoms. The molecule has 0 aliphatic heterocycles. The van der Waals surface area contributed by atoms with Gasteiger partial charge >= 0.3 is 0 Å². The second-order valence-corrected chi connectivity index (χ2v) is 5.23. The highest BCUT2D eigenvalue weighted by Gasteiger charge is 2.13. The SMILES string of the molecule is Cc1cc(-c2c(C)cc(C(O)CO)cc2C)cnc1C#N. The first-order valence-corrected chi connectivity index (χ1v) is 6.75. The van der Waals surface area contributed by atoms with Gasteiger partial charge in [0.15, 0.2) is 0 Å². The van der Waals surface area contributed by atoms with Crippen molar-refractivity contribution >= 4 is 0 Å². The summed E-state index contributed by atoms with van der Waals surface area (Å²) in [6.45, 7) is 5.49. The second-order valence-electron chi connectivity index (χ2n) is 5.23. The summed E-state index contributed by atoms with van der Waals surface area (Å²) in [5, 5.41) is 27.8. The summed E-state index contributed by atoms with van der Waals surface area (Å²) < 4.78 is 0. The summed E-state index contributed by atoms with van der Waals surface area (Å²) in [5.74, 6) is 0. The predicted molar refractivity (Wildman–Crippen MR) is 80.6 cm³/mol. The van der Waals surface area contributed by atoms with Crippen LogP contribution in [0, 0.1) is 32.1 Å². The summed E-state index contributed by atoms with van der Waals surface area (Å²) >= 11 is 0. The topological polar surface area (TPSA) is 77.1 Å². The monoisotopic (exact) mass is 282 g/mol. The Morgan fingerprint density at radius 2 is 1.76 bits per heavy atom. The van der Waals surface area contributed by atoms with E-state index in [-0.39, 0.29) is 6.61 Å². The minimum Gasteiger partial charge on any atom is -0.393 e. The first-order valence-electron chi connectivity index (χ1n) is 6.75. The van der Waals surface area contributed by atoms with Crippen molar-refractivity contribution in [2.24, 2.45) is 0 Å².